The van der Waals surface area contributed by atoms with E-state index in [4.69, 9.17) is 5.53 Å². The Balaban J connectivity index is 2.96. The van der Waals surface area contributed by atoms with Gasteiger partial charge in [0.1, 0.15) is 6.04 Å². The second-order valence-corrected chi connectivity index (χ2v) is 3.12. The highest BCUT2D eigenvalue weighted by atomic mass is 16.3. The summed E-state index contributed by atoms with van der Waals surface area (Å²) in [5.74, 6) is -0.372. The first-order valence-corrected chi connectivity index (χ1v) is 4.48. The van der Waals surface area contributed by atoms with E-state index in [2.05, 4.69) is 10.0 Å². The summed E-state index contributed by atoms with van der Waals surface area (Å²) in [5.41, 5.74) is 8.70. The minimum absolute atomic E-state index is 0.372. The second kappa shape index (κ2) is 5.14. The molecule has 0 aliphatic rings. The summed E-state index contributed by atoms with van der Waals surface area (Å²) in [5, 5.41) is 12.6. The van der Waals surface area contributed by atoms with Gasteiger partial charge >= 0.3 is 0 Å². The van der Waals surface area contributed by atoms with E-state index in [1.807, 2.05) is 0 Å². The molecule has 0 fully saturated rings. The Morgan fingerprint density at radius 2 is 2.07 bits per heavy atom. The monoisotopic (exact) mass is 205 g/mol. The molecule has 78 valence electrons. The van der Waals surface area contributed by atoms with Gasteiger partial charge in [0, 0.05) is 10.5 Å². The maximum atomic E-state index is 11.8. The van der Waals surface area contributed by atoms with Crippen LogP contribution in [-0.4, -0.2) is 23.0 Å². The number of rotatable bonds is 4. The van der Waals surface area contributed by atoms with Gasteiger partial charge in [-0.25, -0.2) is 0 Å². The molecular formula is C10H11N3O2. The number of aliphatic hydroxyl groups is 1. The fraction of sp³-hybridized carbons (Fsp3) is 0.300. The topological polar surface area (TPSA) is 86.1 Å². The lowest BCUT2D eigenvalue weighted by Gasteiger charge is -2.12. The fourth-order valence-corrected chi connectivity index (χ4v) is 1.20. The summed E-state index contributed by atoms with van der Waals surface area (Å²) in [6.07, 6.45) is -0.992. The molecule has 1 aromatic rings. The van der Waals surface area contributed by atoms with Gasteiger partial charge in [0.2, 0.25) is 0 Å². The van der Waals surface area contributed by atoms with E-state index in [-0.39, 0.29) is 5.78 Å². The molecule has 5 heteroatoms. The number of azide groups is 1. The second-order valence-electron chi connectivity index (χ2n) is 3.12. The first kappa shape index (κ1) is 11.2. The summed E-state index contributed by atoms with van der Waals surface area (Å²) < 4.78 is 0. The molecular weight excluding hydrogens is 194 g/mol. The van der Waals surface area contributed by atoms with Crippen molar-refractivity contribution in [2.45, 2.75) is 19.1 Å². The molecule has 1 rings (SSSR count). The highest BCUT2D eigenvalue weighted by Crippen LogP contribution is 2.09. The number of hydrogen-bond donors (Lipinski definition) is 1. The predicted molar refractivity (Wildman–Crippen MR) is 55.4 cm³/mol. The molecule has 0 aliphatic heterocycles. The quantitative estimate of drug-likeness (QED) is 0.352. The van der Waals surface area contributed by atoms with Crippen molar-refractivity contribution < 1.29 is 9.90 Å². The smallest absolute Gasteiger partial charge is 0.174 e. The van der Waals surface area contributed by atoms with Crippen molar-refractivity contribution in [2.24, 2.45) is 5.11 Å². The number of carbonyl (C=O) groups is 1. The number of benzene rings is 1. The molecule has 1 N–H and O–H groups in total. The van der Waals surface area contributed by atoms with Gasteiger partial charge in [-0.2, -0.15) is 0 Å². The van der Waals surface area contributed by atoms with Gasteiger partial charge < -0.3 is 5.11 Å². The van der Waals surface area contributed by atoms with Crippen molar-refractivity contribution >= 4 is 5.78 Å². The Labute approximate surface area is 87.0 Å². The number of aliphatic hydroxyl groups excluding tert-OH is 1. The van der Waals surface area contributed by atoms with Gasteiger partial charge in [0.25, 0.3) is 0 Å². The van der Waals surface area contributed by atoms with Crippen LogP contribution >= 0.6 is 0 Å². The Morgan fingerprint density at radius 1 is 1.47 bits per heavy atom. The average molecular weight is 205 g/mol. The van der Waals surface area contributed by atoms with Crippen molar-refractivity contribution in [1.29, 1.82) is 0 Å². The lowest BCUT2D eigenvalue weighted by atomic mass is 10.0. The van der Waals surface area contributed by atoms with Crippen LogP contribution in [0.1, 0.15) is 17.3 Å². The molecule has 0 saturated carbocycles. The van der Waals surface area contributed by atoms with Crippen molar-refractivity contribution in [3.63, 3.8) is 0 Å². The van der Waals surface area contributed by atoms with Crippen LogP contribution in [-0.2, 0) is 0 Å². The molecule has 5 nitrogen and oxygen atoms in total. The molecule has 1 aromatic carbocycles. The normalized spacial score (nSPS) is 13.7. The average Bonchev–Trinajstić information content (AvgIpc) is 2.26. The molecule has 0 aromatic heterocycles. The summed E-state index contributed by atoms with van der Waals surface area (Å²) in [7, 11) is 0. The summed E-state index contributed by atoms with van der Waals surface area (Å²) in [4.78, 5) is 14.3. The van der Waals surface area contributed by atoms with Gasteiger partial charge in [-0.3, -0.25) is 4.79 Å². The number of Topliss-reactive ketones (excluding diaryl/α,β-unsaturated/α-hetero) is 1. The summed E-state index contributed by atoms with van der Waals surface area (Å²) >= 11 is 0. The zero-order valence-corrected chi connectivity index (χ0v) is 8.24. The Bertz CT molecular complexity index is 383. The molecule has 0 radical (unpaired) electrons. The summed E-state index contributed by atoms with van der Waals surface area (Å²) in [6.45, 7) is 1.42. The molecule has 0 aliphatic carbocycles. The molecule has 0 unspecified atom stereocenters. The molecule has 2 atom stereocenters. The molecule has 15 heavy (non-hydrogen) atoms. The predicted octanol–water partition coefficient (Wildman–Crippen LogP) is 1.93. The van der Waals surface area contributed by atoms with Gasteiger partial charge in [0.15, 0.2) is 5.78 Å². The first-order valence-electron chi connectivity index (χ1n) is 4.48. The van der Waals surface area contributed by atoms with E-state index in [1.54, 1.807) is 30.3 Å². The fourth-order valence-electron chi connectivity index (χ4n) is 1.20. The Morgan fingerprint density at radius 3 is 2.53 bits per heavy atom. The lowest BCUT2D eigenvalue weighted by Crippen LogP contribution is -2.29. The van der Waals surface area contributed by atoms with E-state index in [9.17, 15) is 9.90 Å². The van der Waals surface area contributed by atoms with Crippen molar-refractivity contribution in [2.75, 3.05) is 0 Å². The highest BCUT2D eigenvalue weighted by molar-refractivity contribution is 6.00. The number of hydrogen-bond acceptors (Lipinski definition) is 3. The van der Waals surface area contributed by atoms with Crippen LogP contribution in [0.5, 0.6) is 0 Å². The summed E-state index contributed by atoms with van der Waals surface area (Å²) in [6, 6.07) is 7.37. The van der Waals surface area contributed by atoms with Crippen LogP contribution in [0.4, 0.5) is 0 Å². The third-order valence-corrected chi connectivity index (χ3v) is 1.96. The van der Waals surface area contributed by atoms with Gasteiger partial charge in [0.05, 0.1) is 6.10 Å². The molecule has 0 saturated heterocycles. The van der Waals surface area contributed by atoms with Crippen LogP contribution in [0.3, 0.4) is 0 Å². The molecule has 0 amide bonds. The Hall–Kier alpha value is -1.84. The number of nitrogens with zero attached hydrogens (tertiary/aromatic N) is 3. The van der Waals surface area contributed by atoms with E-state index in [1.165, 1.54) is 6.92 Å². The third-order valence-electron chi connectivity index (χ3n) is 1.96. The van der Waals surface area contributed by atoms with Crippen LogP contribution in [0.15, 0.2) is 35.4 Å². The van der Waals surface area contributed by atoms with Crippen molar-refractivity contribution in [3.8, 4) is 0 Å². The third kappa shape index (κ3) is 2.80. The number of carbonyl (C=O) groups excluding carboxylic acids is 1. The maximum Gasteiger partial charge on any atom is 0.174 e. The Kier molecular flexibility index (Phi) is 3.85. The van der Waals surface area contributed by atoms with Crippen LogP contribution in [0.25, 0.3) is 10.4 Å². The van der Waals surface area contributed by atoms with Gasteiger partial charge in [-0.15, -0.1) is 0 Å². The van der Waals surface area contributed by atoms with Crippen LogP contribution < -0.4 is 0 Å². The minimum atomic E-state index is -1.06. The van der Waals surface area contributed by atoms with E-state index in [0.29, 0.717) is 5.56 Å². The largest absolute Gasteiger partial charge is 0.393 e. The standard InChI is InChI=1S/C10H11N3O2/c1-7(14)9(12-13-11)10(15)8-5-3-2-4-6-8/h2-7,9,14H,1H3/t7-,9+/m1/s1. The lowest BCUT2D eigenvalue weighted by molar-refractivity contribution is 0.0848. The van der Waals surface area contributed by atoms with E-state index in [0.717, 1.165) is 0 Å². The molecule has 0 spiro atoms. The number of ketones is 1. The van der Waals surface area contributed by atoms with Gasteiger partial charge in [-0.05, 0) is 12.5 Å². The molecule has 0 bridgehead atoms. The molecule has 0 heterocycles. The van der Waals surface area contributed by atoms with Crippen LogP contribution in [0.2, 0.25) is 0 Å². The minimum Gasteiger partial charge on any atom is -0.393 e. The van der Waals surface area contributed by atoms with Crippen molar-refractivity contribution in [1.82, 2.24) is 0 Å². The van der Waals surface area contributed by atoms with Gasteiger partial charge in [-0.1, -0.05) is 35.4 Å². The highest BCUT2D eigenvalue weighted by Gasteiger charge is 2.23. The van der Waals surface area contributed by atoms with E-state index < -0.39 is 12.1 Å². The zero-order valence-electron chi connectivity index (χ0n) is 8.24. The van der Waals surface area contributed by atoms with Crippen LogP contribution in [0, 0.1) is 0 Å². The first-order chi connectivity index (χ1) is 7.16. The van der Waals surface area contributed by atoms with E-state index >= 15 is 0 Å². The SMILES string of the molecule is C[C@@H](O)[C@H](N=[N+]=[N-])C(=O)c1ccccc1. The zero-order chi connectivity index (χ0) is 11.3. The maximum absolute atomic E-state index is 11.8. The van der Waals surface area contributed by atoms with Crippen molar-refractivity contribution in [3.05, 3.63) is 46.3 Å².